The van der Waals surface area contributed by atoms with Gasteiger partial charge in [-0.05, 0) is 31.4 Å². The average Bonchev–Trinajstić information content (AvgIpc) is 2.14. The van der Waals surface area contributed by atoms with Crippen LogP contribution in [0.25, 0.3) is 21.9 Å². The molecule has 0 fully saturated rings. The van der Waals surface area contributed by atoms with E-state index in [-0.39, 0.29) is 17.8 Å². The number of aromatic nitrogens is 1. The van der Waals surface area contributed by atoms with E-state index in [1.807, 2.05) is 26.0 Å². The van der Waals surface area contributed by atoms with E-state index >= 15 is 0 Å². The maximum Gasteiger partial charge on any atom is 0.182 e. The summed E-state index contributed by atoms with van der Waals surface area (Å²) in [6, 6.07) is 7.08. The fourth-order valence-electron chi connectivity index (χ4n) is 2.15. The molecule has 0 bridgehead atoms. The summed E-state index contributed by atoms with van der Waals surface area (Å²) in [5, 5.41) is 1.91. The molecule has 3 nitrogen and oxygen atoms in total. The van der Waals surface area contributed by atoms with Crippen LogP contribution >= 0.6 is 12.4 Å². The van der Waals surface area contributed by atoms with Crippen molar-refractivity contribution in [1.29, 1.82) is 0 Å². The van der Waals surface area contributed by atoms with Crippen LogP contribution in [0.2, 0.25) is 0 Å². The van der Waals surface area contributed by atoms with E-state index in [0.29, 0.717) is 5.58 Å². The quantitative estimate of drug-likeness (QED) is 0.664. The lowest BCUT2D eigenvalue weighted by Crippen LogP contribution is -1.98. The summed E-state index contributed by atoms with van der Waals surface area (Å²) >= 11 is 0. The van der Waals surface area contributed by atoms with E-state index in [4.69, 9.17) is 4.42 Å². The van der Waals surface area contributed by atoms with Crippen LogP contribution in [0.15, 0.2) is 33.5 Å². The minimum Gasteiger partial charge on any atom is -0.461 e. The molecule has 0 spiro atoms. The molecule has 3 aromatic rings. The highest BCUT2D eigenvalue weighted by molar-refractivity contribution is 6.05. The van der Waals surface area contributed by atoms with Crippen LogP contribution in [-0.2, 0) is 0 Å². The number of hydrogen-bond donors (Lipinski definition) is 1. The van der Waals surface area contributed by atoms with Crippen LogP contribution < -0.4 is 5.43 Å². The van der Waals surface area contributed by atoms with Crippen molar-refractivity contribution in [2.45, 2.75) is 13.8 Å². The third kappa shape index (κ3) is 1.83. The molecule has 2 heterocycles. The predicted octanol–water partition coefficient (Wildman–Crippen LogP) is 3.31. The van der Waals surface area contributed by atoms with Crippen molar-refractivity contribution >= 4 is 34.3 Å². The molecule has 0 aliphatic carbocycles. The van der Waals surface area contributed by atoms with Gasteiger partial charge in [-0.3, -0.25) is 4.79 Å². The molecule has 0 saturated carbocycles. The van der Waals surface area contributed by atoms with Gasteiger partial charge in [-0.1, -0.05) is 0 Å². The molecule has 0 amide bonds. The summed E-state index contributed by atoms with van der Waals surface area (Å²) in [4.78, 5) is 14.8. The first-order valence-corrected chi connectivity index (χ1v) is 5.17. The van der Waals surface area contributed by atoms with Crippen LogP contribution in [0, 0.1) is 13.8 Å². The Bertz CT molecular complexity index is 697. The first-order chi connectivity index (χ1) is 7.63. The SMILES string of the molecule is Cc1cc2cc(=O)cc3oc(C)cc([nH]1)c23.Cl. The Labute approximate surface area is 104 Å². The van der Waals surface area contributed by atoms with E-state index in [0.717, 1.165) is 27.7 Å². The molecule has 4 heteroatoms. The summed E-state index contributed by atoms with van der Waals surface area (Å²) in [5.41, 5.74) is 2.67. The molecular weight excluding hydrogens is 238 g/mol. The zero-order chi connectivity index (χ0) is 11.3. The Morgan fingerprint density at radius 3 is 2.65 bits per heavy atom. The van der Waals surface area contributed by atoms with Gasteiger partial charge in [-0.25, -0.2) is 0 Å². The first kappa shape index (κ1) is 11.7. The third-order valence-corrected chi connectivity index (χ3v) is 2.70. The van der Waals surface area contributed by atoms with Gasteiger partial charge >= 0.3 is 0 Å². The maximum absolute atomic E-state index is 11.5. The van der Waals surface area contributed by atoms with Crippen molar-refractivity contribution in [1.82, 2.24) is 4.98 Å². The fraction of sp³-hybridized carbons (Fsp3) is 0.154. The van der Waals surface area contributed by atoms with Crippen molar-refractivity contribution < 1.29 is 4.42 Å². The van der Waals surface area contributed by atoms with E-state index in [2.05, 4.69) is 4.98 Å². The van der Waals surface area contributed by atoms with Crippen LogP contribution in [0.5, 0.6) is 0 Å². The number of benzene rings is 1. The molecule has 0 radical (unpaired) electrons. The van der Waals surface area contributed by atoms with Crippen molar-refractivity contribution in [3.63, 3.8) is 0 Å². The third-order valence-electron chi connectivity index (χ3n) is 2.70. The highest BCUT2D eigenvalue weighted by Crippen LogP contribution is 2.25. The van der Waals surface area contributed by atoms with Crippen LogP contribution in [-0.4, -0.2) is 4.98 Å². The standard InChI is InChI=1S/C13H11NO2.ClH/c1-7-3-9-5-10(15)6-12-13(9)11(14-7)4-8(2)16-12;/h3-6,14H,1-2H3;1H. The summed E-state index contributed by atoms with van der Waals surface area (Å²) in [6.07, 6.45) is 0. The lowest BCUT2D eigenvalue weighted by atomic mass is 10.1. The second-order valence-corrected chi connectivity index (χ2v) is 4.11. The number of pyridine rings is 1. The lowest BCUT2D eigenvalue weighted by Gasteiger charge is -2.07. The van der Waals surface area contributed by atoms with E-state index in [9.17, 15) is 4.79 Å². The number of H-pyrrole nitrogens is 1. The smallest absolute Gasteiger partial charge is 0.182 e. The summed E-state index contributed by atoms with van der Waals surface area (Å²) in [6.45, 7) is 3.86. The monoisotopic (exact) mass is 249 g/mol. The van der Waals surface area contributed by atoms with Gasteiger partial charge in [0.25, 0.3) is 0 Å². The average molecular weight is 250 g/mol. The van der Waals surface area contributed by atoms with Crippen molar-refractivity contribution in [2.24, 2.45) is 0 Å². The Balaban J connectivity index is 0.00000108. The van der Waals surface area contributed by atoms with Gasteiger partial charge in [-0.2, -0.15) is 0 Å². The molecule has 0 aliphatic rings. The van der Waals surface area contributed by atoms with Gasteiger partial charge in [0.1, 0.15) is 11.3 Å². The highest BCUT2D eigenvalue weighted by Gasteiger charge is 2.07. The summed E-state index contributed by atoms with van der Waals surface area (Å²) in [7, 11) is 0. The second kappa shape index (κ2) is 3.93. The number of aryl methyl sites for hydroxylation is 2. The maximum atomic E-state index is 11.5. The molecule has 1 aromatic carbocycles. The molecule has 3 rings (SSSR count). The van der Waals surface area contributed by atoms with Gasteiger partial charge in [0, 0.05) is 23.2 Å². The minimum atomic E-state index is -0.0197. The molecular formula is C13H12ClNO2. The van der Waals surface area contributed by atoms with Gasteiger partial charge in [0.05, 0.1) is 5.52 Å². The summed E-state index contributed by atoms with van der Waals surface area (Å²) in [5.74, 6) is 0.793. The van der Waals surface area contributed by atoms with Gasteiger partial charge in [0.2, 0.25) is 0 Å². The molecule has 0 saturated heterocycles. The normalized spacial score (nSPS) is 10.7. The zero-order valence-corrected chi connectivity index (χ0v) is 10.4. The molecule has 0 unspecified atom stereocenters. The van der Waals surface area contributed by atoms with Crippen LogP contribution in [0.3, 0.4) is 0 Å². The van der Waals surface area contributed by atoms with Crippen molar-refractivity contribution in [3.8, 4) is 0 Å². The van der Waals surface area contributed by atoms with Gasteiger partial charge in [0.15, 0.2) is 5.43 Å². The molecule has 2 aromatic heterocycles. The summed E-state index contributed by atoms with van der Waals surface area (Å²) < 4.78 is 5.57. The molecule has 0 atom stereocenters. The molecule has 1 N–H and O–H groups in total. The highest BCUT2D eigenvalue weighted by atomic mass is 35.5. The molecule has 88 valence electrons. The Morgan fingerprint density at radius 2 is 1.88 bits per heavy atom. The van der Waals surface area contributed by atoms with Gasteiger partial charge in [-0.15, -0.1) is 12.4 Å². The molecule has 0 aliphatic heterocycles. The van der Waals surface area contributed by atoms with Crippen molar-refractivity contribution in [3.05, 3.63) is 45.9 Å². The number of nitrogens with one attached hydrogen (secondary N) is 1. The number of hydrogen-bond acceptors (Lipinski definition) is 2. The van der Waals surface area contributed by atoms with E-state index in [1.165, 1.54) is 6.07 Å². The minimum absolute atomic E-state index is 0. The lowest BCUT2D eigenvalue weighted by molar-refractivity contribution is 0.567. The van der Waals surface area contributed by atoms with E-state index < -0.39 is 0 Å². The first-order valence-electron chi connectivity index (χ1n) is 5.17. The Morgan fingerprint density at radius 1 is 1.12 bits per heavy atom. The topological polar surface area (TPSA) is 46.0 Å². The largest absolute Gasteiger partial charge is 0.461 e. The predicted molar refractivity (Wildman–Crippen MR) is 71.1 cm³/mol. The number of aromatic amines is 1. The van der Waals surface area contributed by atoms with Crippen LogP contribution in [0.1, 0.15) is 11.5 Å². The second-order valence-electron chi connectivity index (χ2n) is 4.11. The number of halogens is 1. The van der Waals surface area contributed by atoms with E-state index in [1.54, 1.807) is 6.07 Å². The fourth-order valence-corrected chi connectivity index (χ4v) is 2.15. The zero-order valence-electron chi connectivity index (χ0n) is 9.53. The van der Waals surface area contributed by atoms with Crippen molar-refractivity contribution in [2.75, 3.05) is 0 Å². The Kier molecular flexibility index (Phi) is 2.71. The van der Waals surface area contributed by atoms with Crippen LogP contribution in [0.4, 0.5) is 0 Å². The number of rotatable bonds is 0. The molecule has 17 heavy (non-hydrogen) atoms. The Hall–Kier alpha value is -1.74. The van der Waals surface area contributed by atoms with Gasteiger partial charge < -0.3 is 9.40 Å².